The van der Waals surface area contributed by atoms with E-state index < -0.39 is 17.6 Å². The molecular weight excluding hydrogens is 369 g/mol. The summed E-state index contributed by atoms with van der Waals surface area (Å²) >= 11 is 0. The second kappa shape index (κ2) is 7.67. The molecule has 0 saturated carbocycles. The Balaban J connectivity index is 1.82. The molecule has 5 nitrogen and oxygen atoms in total. The van der Waals surface area contributed by atoms with Crippen LogP contribution in [0.15, 0.2) is 54.7 Å². The number of carbonyl (C=O) groups is 1. The van der Waals surface area contributed by atoms with Crippen LogP contribution in [0.4, 0.5) is 30.5 Å². The van der Waals surface area contributed by atoms with Crippen molar-refractivity contribution in [1.29, 1.82) is 0 Å². The Hall–Kier alpha value is -3.42. The van der Waals surface area contributed by atoms with Gasteiger partial charge in [-0.1, -0.05) is 18.2 Å². The highest BCUT2D eigenvalue weighted by molar-refractivity contribution is 6.03. The van der Waals surface area contributed by atoms with E-state index in [4.69, 9.17) is 0 Å². The summed E-state index contributed by atoms with van der Waals surface area (Å²) in [5.74, 6) is -0.593. The zero-order valence-electron chi connectivity index (χ0n) is 15.1. The number of nitrogens with one attached hydrogen (secondary N) is 2. The van der Waals surface area contributed by atoms with Crippen molar-refractivity contribution in [3.8, 4) is 0 Å². The van der Waals surface area contributed by atoms with Crippen LogP contribution in [0.1, 0.15) is 27.2 Å². The van der Waals surface area contributed by atoms with Gasteiger partial charge in [-0.05, 0) is 55.3 Å². The topological polar surface area (TPSA) is 66.9 Å². The summed E-state index contributed by atoms with van der Waals surface area (Å²) in [5.41, 5.74) is 1.52. The minimum Gasteiger partial charge on any atom is -0.324 e. The van der Waals surface area contributed by atoms with Crippen molar-refractivity contribution in [2.45, 2.75) is 20.0 Å². The Morgan fingerprint density at radius 2 is 1.68 bits per heavy atom. The maximum absolute atomic E-state index is 13.1. The summed E-state index contributed by atoms with van der Waals surface area (Å²) in [6.07, 6.45) is -3.21. The van der Waals surface area contributed by atoms with Gasteiger partial charge >= 0.3 is 6.18 Å². The number of carbonyl (C=O) groups excluding carboxylic acids is 1. The lowest BCUT2D eigenvalue weighted by Gasteiger charge is -2.13. The van der Waals surface area contributed by atoms with Gasteiger partial charge in [0.25, 0.3) is 5.91 Å². The van der Waals surface area contributed by atoms with Crippen molar-refractivity contribution in [2.75, 3.05) is 10.6 Å². The summed E-state index contributed by atoms with van der Waals surface area (Å²) in [5, 5.41) is 5.26. The fourth-order valence-electron chi connectivity index (χ4n) is 2.75. The molecule has 3 aromatic rings. The van der Waals surface area contributed by atoms with Crippen molar-refractivity contribution in [3.63, 3.8) is 0 Å². The molecule has 0 spiro atoms. The van der Waals surface area contributed by atoms with Gasteiger partial charge in [-0.2, -0.15) is 13.2 Å². The highest BCUT2D eigenvalue weighted by Gasteiger charge is 2.33. The minimum atomic E-state index is -4.58. The largest absolute Gasteiger partial charge is 0.418 e. The first-order valence-corrected chi connectivity index (χ1v) is 8.38. The summed E-state index contributed by atoms with van der Waals surface area (Å²) < 4.78 is 39.3. The molecule has 1 aromatic heterocycles. The van der Waals surface area contributed by atoms with Gasteiger partial charge in [0.2, 0.25) is 5.95 Å². The molecule has 0 saturated heterocycles. The SMILES string of the molecule is Cc1cc(C)cc(Nc2nccc(C(=O)Nc3ccccc3C(F)(F)F)n2)c1. The Bertz CT molecular complexity index is 998. The van der Waals surface area contributed by atoms with Gasteiger partial charge in [-0.25, -0.2) is 9.97 Å². The lowest BCUT2D eigenvalue weighted by Crippen LogP contribution is -2.18. The third kappa shape index (κ3) is 4.64. The second-order valence-corrected chi connectivity index (χ2v) is 6.26. The first-order valence-electron chi connectivity index (χ1n) is 8.38. The zero-order chi connectivity index (χ0) is 20.3. The maximum atomic E-state index is 13.1. The first kappa shape index (κ1) is 19.3. The quantitative estimate of drug-likeness (QED) is 0.654. The van der Waals surface area contributed by atoms with Crippen LogP contribution >= 0.6 is 0 Å². The zero-order valence-corrected chi connectivity index (χ0v) is 15.1. The lowest BCUT2D eigenvalue weighted by molar-refractivity contribution is -0.136. The average molecular weight is 386 g/mol. The average Bonchev–Trinajstić information content (AvgIpc) is 2.60. The summed E-state index contributed by atoms with van der Waals surface area (Å²) in [6, 6.07) is 11.9. The number of para-hydroxylation sites is 1. The second-order valence-electron chi connectivity index (χ2n) is 6.26. The molecule has 2 aromatic carbocycles. The first-order chi connectivity index (χ1) is 13.2. The van der Waals surface area contributed by atoms with Crippen molar-refractivity contribution in [2.24, 2.45) is 0 Å². The predicted molar refractivity (Wildman–Crippen MR) is 101 cm³/mol. The fraction of sp³-hybridized carbons (Fsp3) is 0.150. The summed E-state index contributed by atoms with van der Waals surface area (Å²) in [6.45, 7) is 3.89. The Morgan fingerprint density at radius 1 is 1.00 bits per heavy atom. The Labute approximate surface area is 159 Å². The number of halogens is 3. The predicted octanol–water partition coefficient (Wildman–Crippen LogP) is 5.11. The highest BCUT2D eigenvalue weighted by Crippen LogP contribution is 2.34. The molecule has 1 amide bonds. The molecule has 1 heterocycles. The molecular formula is C20H17F3N4O. The van der Waals surface area contributed by atoms with Crippen LogP contribution in [0, 0.1) is 13.8 Å². The molecule has 0 aliphatic rings. The van der Waals surface area contributed by atoms with Crippen LogP contribution in [0.3, 0.4) is 0 Å². The van der Waals surface area contributed by atoms with Gasteiger partial charge < -0.3 is 10.6 Å². The number of anilines is 3. The number of aromatic nitrogens is 2. The van der Waals surface area contributed by atoms with Gasteiger partial charge in [-0.15, -0.1) is 0 Å². The molecule has 28 heavy (non-hydrogen) atoms. The molecule has 2 N–H and O–H groups in total. The normalized spacial score (nSPS) is 11.2. The Morgan fingerprint density at radius 3 is 2.36 bits per heavy atom. The molecule has 0 aliphatic heterocycles. The number of rotatable bonds is 4. The van der Waals surface area contributed by atoms with Crippen molar-refractivity contribution >= 4 is 23.2 Å². The smallest absolute Gasteiger partial charge is 0.324 e. The maximum Gasteiger partial charge on any atom is 0.418 e. The van der Waals surface area contributed by atoms with E-state index in [-0.39, 0.29) is 17.3 Å². The third-order valence-corrected chi connectivity index (χ3v) is 3.85. The van der Waals surface area contributed by atoms with Crippen molar-refractivity contribution in [1.82, 2.24) is 9.97 Å². The van der Waals surface area contributed by atoms with E-state index in [2.05, 4.69) is 20.6 Å². The number of benzene rings is 2. The van der Waals surface area contributed by atoms with Crippen molar-refractivity contribution < 1.29 is 18.0 Å². The lowest BCUT2D eigenvalue weighted by atomic mass is 10.1. The van der Waals surface area contributed by atoms with E-state index in [1.54, 1.807) is 0 Å². The van der Waals surface area contributed by atoms with Crippen LogP contribution in [-0.2, 0) is 6.18 Å². The molecule has 0 radical (unpaired) electrons. The number of nitrogens with zero attached hydrogens (tertiary/aromatic N) is 2. The minimum absolute atomic E-state index is 0.0566. The molecule has 8 heteroatoms. The van der Waals surface area contributed by atoms with E-state index in [1.165, 1.54) is 30.5 Å². The number of aryl methyl sites for hydroxylation is 2. The number of alkyl halides is 3. The number of amides is 1. The highest BCUT2D eigenvalue weighted by atomic mass is 19.4. The van der Waals surface area contributed by atoms with Crippen LogP contribution < -0.4 is 10.6 Å². The molecule has 0 unspecified atom stereocenters. The Kier molecular flexibility index (Phi) is 5.30. The van der Waals surface area contributed by atoms with Gasteiger partial charge in [0.15, 0.2) is 0 Å². The fourth-order valence-corrected chi connectivity index (χ4v) is 2.75. The van der Waals surface area contributed by atoms with Crippen molar-refractivity contribution in [3.05, 3.63) is 77.1 Å². The third-order valence-electron chi connectivity index (χ3n) is 3.85. The number of hydrogen-bond donors (Lipinski definition) is 2. The summed E-state index contributed by atoms with van der Waals surface area (Å²) in [7, 11) is 0. The van der Waals surface area contributed by atoms with Gasteiger partial charge in [-0.3, -0.25) is 4.79 Å². The standard InChI is InChI=1S/C20H17F3N4O/c1-12-9-13(2)11-14(10-12)25-19-24-8-7-17(27-19)18(28)26-16-6-4-3-5-15(16)20(21,22)23/h3-11H,1-2H3,(H,26,28)(H,24,25,27). The van der Waals surface area contributed by atoms with Gasteiger partial charge in [0, 0.05) is 11.9 Å². The van der Waals surface area contributed by atoms with E-state index in [1.807, 2.05) is 32.0 Å². The molecule has 144 valence electrons. The van der Waals surface area contributed by atoms with E-state index in [9.17, 15) is 18.0 Å². The molecule has 0 bridgehead atoms. The molecule has 0 atom stereocenters. The van der Waals surface area contributed by atoms with Crippen LogP contribution in [0.25, 0.3) is 0 Å². The van der Waals surface area contributed by atoms with E-state index in [0.29, 0.717) is 0 Å². The van der Waals surface area contributed by atoms with Crippen LogP contribution in [0.2, 0.25) is 0 Å². The summed E-state index contributed by atoms with van der Waals surface area (Å²) in [4.78, 5) is 20.6. The van der Waals surface area contributed by atoms with Gasteiger partial charge in [0.05, 0.1) is 11.3 Å². The van der Waals surface area contributed by atoms with E-state index >= 15 is 0 Å². The van der Waals surface area contributed by atoms with E-state index in [0.717, 1.165) is 22.9 Å². The monoisotopic (exact) mass is 386 g/mol. The van der Waals surface area contributed by atoms with Crippen LogP contribution in [-0.4, -0.2) is 15.9 Å². The molecule has 3 rings (SSSR count). The number of hydrogen-bond acceptors (Lipinski definition) is 4. The van der Waals surface area contributed by atoms with Gasteiger partial charge in [0.1, 0.15) is 5.69 Å². The molecule has 0 aliphatic carbocycles. The van der Waals surface area contributed by atoms with Crippen LogP contribution in [0.5, 0.6) is 0 Å². The molecule has 0 fully saturated rings.